The largest absolute Gasteiger partial charge is 0.460 e. The number of esters is 1. The first-order valence-electron chi connectivity index (χ1n) is 4.46. The van der Waals surface area contributed by atoms with Crippen LogP contribution in [0.25, 0.3) is 5.53 Å². The number of carbonyl (C=O) groups is 1. The number of methoxy groups -OCH3 is 1. The third kappa shape index (κ3) is 1.62. The molecule has 1 heterocycles. The Morgan fingerprint density at radius 2 is 2.19 bits per heavy atom. The Bertz CT molecular complexity index is 492. The third-order valence-electron chi connectivity index (χ3n) is 2.12. The molecule has 1 aliphatic rings. The van der Waals surface area contributed by atoms with E-state index in [0.29, 0.717) is 17.1 Å². The highest BCUT2D eigenvalue weighted by Crippen LogP contribution is 2.32. The zero-order valence-corrected chi connectivity index (χ0v) is 8.47. The molecule has 0 amide bonds. The summed E-state index contributed by atoms with van der Waals surface area (Å²) in [4.78, 5) is 14.2. The number of fused-ring (bicyclic) bond motifs is 1. The number of ether oxygens (including phenoxy) is 3. The van der Waals surface area contributed by atoms with Crippen molar-refractivity contribution in [3.8, 4) is 11.5 Å². The van der Waals surface area contributed by atoms with E-state index in [1.165, 1.54) is 7.11 Å². The molecule has 0 unspecified atom stereocenters. The van der Waals surface area contributed by atoms with Gasteiger partial charge in [-0.2, -0.15) is 4.79 Å². The maximum absolute atomic E-state index is 11.3. The minimum atomic E-state index is -0.721. The molecule has 0 atom stereocenters. The molecular formula is C10H8N2O4. The molecule has 0 saturated carbocycles. The molecule has 0 aliphatic carbocycles. The Morgan fingerprint density at radius 1 is 1.44 bits per heavy atom. The lowest BCUT2D eigenvalue weighted by molar-refractivity contribution is -0.137. The summed E-state index contributed by atoms with van der Waals surface area (Å²) in [5, 5.41) is 0. The molecular weight excluding hydrogens is 212 g/mol. The fourth-order valence-corrected chi connectivity index (χ4v) is 1.36. The smallest absolute Gasteiger partial charge is 0.422 e. The van der Waals surface area contributed by atoms with Crippen molar-refractivity contribution in [2.75, 3.05) is 13.9 Å². The predicted molar refractivity (Wildman–Crippen MR) is 52.3 cm³/mol. The Hall–Kier alpha value is -2.33. The van der Waals surface area contributed by atoms with E-state index < -0.39 is 5.97 Å². The summed E-state index contributed by atoms with van der Waals surface area (Å²) in [6, 6.07) is 4.76. The van der Waals surface area contributed by atoms with Crippen molar-refractivity contribution in [1.82, 2.24) is 0 Å². The van der Waals surface area contributed by atoms with E-state index in [2.05, 4.69) is 9.53 Å². The lowest BCUT2D eigenvalue weighted by atomic mass is 10.1. The second kappa shape index (κ2) is 4.04. The summed E-state index contributed by atoms with van der Waals surface area (Å²) >= 11 is 0. The van der Waals surface area contributed by atoms with Gasteiger partial charge in [0.05, 0.1) is 12.7 Å². The molecule has 0 aromatic heterocycles. The number of benzene rings is 1. The zero-order chi connectivity index (χ0) is 11.5. The van der Waals surface area contributed by atoms with Crippen LogP contribution in [0.4, 0.5) is 0 Å². The highest BCUT2D eigenvalue weighted by atomic mass is 16.7. The van der Waals surface area contributed by atoms with Crippen LogP contribution in [0.2, 0.25) is 0 Å². The topological polar surface area (TPSA) is 81.2 Å². The quantitative estimate of drug-likeness (QED) is 0.316. The van der Waals surface area contributed by atoms with E-state index in [-0.39, 0.29) is 12.5 Å². The number of nitrogens with zero attached hydrogens (tertiary/aromatic N) is 2. The first-order chi connectivity index (χ1) is 7.76. The van der Waals surface area contributed by atoms with Crippen molar-refractivity contribution in [2.24, 2.45) is 0 Å². The first kappa shape index (κ1) is 10.2. The van der Waals surface area contributed by atoms with E-state index in [1.54, 1.807) is 18.2 Å². The maximum Gasteiger partial charge on any atom is 0.422 e. The van der Waals surface area contributed by atoms with Crippen LogP contribution in [0.3, 0.4) is 0 Å². The molecule has 2 rings (SSSR count). The Morgan fingerprint density at radius 3 is 2.88 bits per heavy atom. The van der Waals surface area contributed by atoms with Crippen LogP contribution >= 0.6 is 0 Å². The van der Waals surface area contributed by atoms with E-state index >= 15 is 0 Å². The van der Waals surface area contributed by atoms with Crippen molar-refractivity contribution >= 4 is 11.7 Å². The molecule has 0 radical (unpaired) electrons. The summed E-state index contributed by atoms with van der Waals surface area (Å²) in [6.45, 7) is 0.141. The van der Waals surface area contributed by atoms with Gasteiger partial charge in [-0.3, -0.25) is 0 Å². The highest BCUT2D eigenvalue weighted by Gasteiger charge is 2.26. The molecule has 1 aromatic carbocycles. The van der Waals surface area contributed by atoms with Gasteiger partial charge in [-0.25, -0.2) is 4.79 Å². The average molecular weight is 220 g/mol. The zero-order valence-electron chi connectivity index (χ0n) is 8.47. The first-order valence-corrected chi connectivity index (χ1v) is 4.46. The van der Waals surface area contributed by atoms with E-state index in [1.807, 2.05) is 0 Å². The fraction of sp³-hybridized carbons (Fsp3) is 0.200. The third-order valence-corrected chi connectivity index (χ3v) is 2.12. The standard InChI is InChI=1S/C10H8N2O4/c1-14-10(13)9(12-11)6-2-3-7-8(4-6)16-5-15-7/h2-4H,5H2,1H3. The molecule has 0 spiro atoms. The Labute approximate surface area is 91.0 Å². The summed E-state index contributed by atoms with van der Waals surface area (Å²) in [6.07, 6.45) is 0. The molecule has 0 bridgehead atoms. The van der Waals surface area contributed by atoms with Crippen molar-refractivity contribution < 1.29 is 23.8 Å². The molecule has 6 nitrogen and oxygen atoms in total. The lowest BCUT2D eigenvalue weighted by Crippen LogP contribution is -2.18. The minimum Gasteiger partial charge on any atom is -0.460 e. The van der Waals surface area contributed by atoms with Gasteiger partial charge >= 0.3 is 11.7 Å². The second-order valence-electron chi connectivity index (χ2n) is 3.01. The summed E-state index contributed by atoms with van der Waals surface area (Å²) in [5.74, 6) is 0.370. The summed E-state index contributed by atoms with van der Waals surface area (Å²) < 4.78 is 14.7. The predicted octanol–water partition coefficient (Wildman–Crippen LogP) is 0.607. The van der Waals surface area contributed by atoms with Gasteiger partial charge in [-0.15, -0.1) is 0 Å². The molecule has 0 saturated heterocycles. The minimum absolute atomic E-state index is 0.141. The average Bonchev–Trinajstić information content (AvgIpc) is 2.77. The van der Waals surface area contributed by atoms with Crippen LogP contribution in [0.1, 0.15) is 5.56 Å². The van der Waals surface area contributed by atoms with Gasteiger partial charge < -0.3 is 19.7 Å². The van der Waals surface area contributed by atoms with E-state index in [4.69, 9.17) is 15.0 Å². The van der Waals surface area contributed by atoms with Gasteiger partial charge in [0.1, 0.15) is 0 Å². The molecule has 0 fully saturated rings. The monoisotopic (exact) mass is 220 g/mol. The SMILES string of the molecule is COC(=O)C(=[N+]=[N-])c1ccc2c(c1)OCO2. The van der Waals surface area contributed by atoms with Crippen molar-refractivity contribution in [3.63, 3.8) is 0 Å². The molecule has 1 aliphatic heterocycles. The van der Waals surface area contributed by atoms with Crippen molar-refractivity contribution in [1.29, 1.82) is 0 Å². The van der Waals surface area contributed by atoms with Crippen LogP contribution in [0, 0.1) is 0 Å². The van der Waals surface area contributed by atoms with Crippen LogP contribution in [-0.4, -0.2) is 30.4 Å². The van der Waals surface area contributed by atoms with E-state index in [0.717, 1.165) is 0 Å². The van der Waals surface area contributed by atoms with Crippen molar-refractivity contribution in [2.45, 2.75) is 0 Å². The number of hydrogen-bond acceptors (Lipinski definition) is 4. The highest BCUT2D eigenvalue weighted by molar-refractivity contribution is 6.40. The second-order valence-corrected chi connectivity index (χ2v) is 3.01. The number of rotatable bonds is 2. The fourth-order valence-electron chi connectivity index (χ4n) is 1.36. The van der Waals surface area contributed by atoms with Crippen LogP contribution in [-0.2, 0) is 9.53 Å². The van der Waals surface area contributed by atoms with Crippen molar-refractivity contribution in [3.05, 3.63) is 29.3 Å². The molecule has 82 valence electrons. The Balaban J connectivity index is 2.41. The number of hydrogen-bond donors (Lipinski definition) is 0. The summed E-state index contributed by atoms with van der Waals surface area (Å²) in [7, 11) is 1.21. The maximum atomic E-state index is 11.3. The van der Waals surface area contributed by atoms with Gasteiger partial charge in [0, 0.05) is 0 Å². The number of carbonyl (C=O) groups excluding carboxylic acids is 1. The van der Waals surface area contributed by atoms with Gasteiger partial charge in [0.15, 0.2) is 11.5 Å². The van der Waals surface area contributed by atoms with Crippen LogP contribution < -0.4 is 9.47 Å². The van der Waals surface area contributed by atoms with Crippen LogP contribution in [0.15, 0.2) is 18.2 Å². The molecule has 0 N–H and O–H groups in total. The van der Waals surface area contributed by atoms with Gasteiger partial charge in [-0.1, -0.05) is 0 Å². The normalized spacial score (nSPS) is 11.8. The Kier molecular flexibility index (Phi) is 2.57. The lowest BCUT2D eigenvalue weighted by Gasteiger charge is -1.98. The molecule has 6 heteroatoms. The van der Waals surface area contributed by atoms with Gasteiger partial charge in [0.2, 0.25) is 6.79 Å². The molecule has 16 heavy (non-hydrogen) atoms. The molecule has 1 aromatic rings. The summed E-state index contributed by atoms with van der Waals surface area (Å²) in [5.41, 5.74) is 8.97. The van der Waals surface area contributed by atoms with Gasteiger partial charge in [-0.05, 0) is 18.2 Å². The van der Waals surface area contributed by atoms with Crippen LogP contribution in [0.5, 0.6) is 11.5 Å². The van der Waals surface area contributed by atoms with Gasteiger partial charge in [0.25, 0.3) is 0 Å². The van der Waals surface area contributed by atoms with E-state index in [9.17, 15) is 4.79 Å².